The number of nitrogens with one attached hydrogen (secondary N) is 3. The van der Waals surface area contributed by atoms with Gasteiger partial charge in [0.2, 0.25) is 27.7 Å². The number of aromatic nitrogens is 3. The number of nitro groups is 1. The Labute approximate surface area is 383 Å². The first kappa shape index (κ1) is 56.4. The molecule has 0 aliphatic rings. The van der Waals surface area contributed by atoms with Crippen LogP contribution in [0.4, 0.5) is 29.6 Å². The van der Waals surface area contributed by atoms with Gasteiger partial charge in [0.15, 0.2) is 12.4 Å². The van der Waals surface area contributed by atoms with Gasteiger partial charge in [-0.15, -0.1) is 0 Å². The molecule has 0 saturated heterocycles. The number of carboxylic acid groups (broad SMARTS) is 1. The van der Waals surface area contributed by atoms with Crippen LogP contribution < -0.4 is 34.7 Å². The van der Waals surface area contributed by atoms with Gasteiger partial charge in [0, 0.05) is 45.3 Å². The van der Waals surface area contributed by atoms with Crippen molar-refractivity contribution < 1.29 is 82.9 Å². The number of urea groups is 1. The maximum absolute atomic E-state index is 12.7. The first-order valence-electron chi connectivity index (χ1n) is 17.9. The molecule has 0 fully saturated rings. The number of amides is 4. The van der Waals surface area contributed by atoms with Gasteiger partial charge in [-0.2, -0.15) is 31.6 Å². The molecule has 4 rings (SSSR count). The summed E-state index contributed by atoms with van der Waals surface area (Å²) in [6, 6.07) is 6.96. The molecular weight excluding hydrogens is 990 g/mol. The highest BCUT2D eigenvalue weighted by molar-refractivity contribution is 7.90. The van der Waals surface area contributed by atoms with Gasteiger partial charge in [0.1, 0.15) is 23.1 Å². The number of benzene rings is 2. The third kappa shape index (κ3) is 18.6. The van der Waals surface area contributed by atoms with Crippen molar-refractivity contribution in [1.29, 1.82) is 0 Å². The van der Waals surface area contributed by atoms with Crippen LogP contribution in [0.3, 0.4) is 0 Å². The number of carboxylic acids is 1. The molecule has 25 nitrogen and oxygen atoms in total. The Kier molecular flexibility index (Phi) is 19.9. The number of rotatable bonds is 15. The molecule has 4 aromatic rings. The summed E-state index contributed by atoms with van der Waals surface area (Å²) in [5, 5.41) is 20.5. The molecule has 2 aromatic heterocycles. The van der Waals surface area contributed by atoms with Crippen molar-refractivity contribution in [3.63, 3.8) is 0 Å². The number of ether oxygens (including phenoxy) is 3. The van der Waals surface area contributed by atoms with E-state index in [1.807, 2.05) is 0 Å². The molecule has 2 unspecified atom stereocenters. The maximum Gasteiger partial charge on any atom is 0.416 e. The number of sulfonamides is 2. The minimum atomic E-state index is -4.62. The van der Waals surface area contributed by atoms with Crippen LogP contribution in [0.15, 0.2) is 65.8 Å². The largest absolute Gasteiger partial charge is 0.481 e. The maximum atomic E-state index is 12.7. The zero-order valence-corrected chi connectivity index (χ0v) is 38.7. The molecule has 67 heavy (non-hydrogen) atoms. The molecule has 2 heterocycles. The molecular formula is C35H40ClF3N9O16PS2. The van der Waals surface area contributed by atoms with Crippen LogP contribution in [0.2, 0.25) is 5.02 Å². The molecule has 0 spiro atoms. The molecule has 2 aromatic carbocycles. The average molecular weight is 1030 g/mol. The summed E-state index contributed by atoms with van der Waals surface area (Å²) >= 11 is 5.76. The molecule has 7 N–H and O–H groups in total. The van der Waals surface area contributed by atoms with Crippen LogP contribution in [0.5, 0.6) is 23.3 Å². The average Bonchev–Trinajstić information content (AvgIpc) is 3.21. The number of nitrogens with two attached hydrogens (primary N) is 1. The Bertz CT molecular complexity index is 2740. The lowest BCUT2D eigenvalue weighted by Crippen LogP contribution is -2.36. The summed E-state index contributed by atoms with van der Waals surface area (Å²) < 4.78 is 115. The zero-order valence-electron chi connectivity index (χ0n) is 35.5. The number of carbonyl (C=O) groups excluding carboxylic acids is 3. The highest BCUT2D eigenvalue weighted by Gasteiger charge is 2.32. The van der Waals surface area contributed by atoms with Crippen LogP contribution in [-0.2, 0) is 35.6 Å². The van der Waals surface area contributed by atoms with Crippen molar-refractivity contribution in [2.45, 2.75) is 23.7 Å². The fraction of sp³-hybridized carbons (Fsp3) is 0.286. The first-order chi connectivity index (χ1) is 30.8. The van der Waals surface area contributed by atoms with E-state index in [1.54, 1.807) is 9.44 Å². The topological polar surface area (TPSA) is 369 Å². The normalized spacial score (nSPS) is 12.5. The lowest BCUT2D eigenvalue weighted by molar-refractivity contribution is -0.385. The number of pyridine rings is 1. The van der Waals surface area contributed by atoms with E-state index in [2.05, 4.69) is 20.3 Å². The number of methoxy groups -OCH3 is 2. The molecule has 2 atom stereocenters. The van der Waals surface area contributed by atoms with Gasteiger partial charge in [-0.3, -0.25) is 34.4 Å². The minimum absolute atomic E-state index is 0.0412. The van der Waals surface area contributed by atoms with E-state index in [4.69, 9.17) is 41.5 Å². The lowest BCUT2D eigenvalue weighted by Gasteiger charge is -2.14. The zero-order chi connectivity index (χ0) is 51.2. The quantitative estimate of drug-likeness (QED) is 0.0563. The van der Waals surface area contributed by atoms with Crippen LogP contribution in [0.25, 0.3) is 0 Å². The number of halogens is 4. The fourth-order valence-corrected chi connectivity index (χ4v) is 6.97. The molecule has 366 valence electrons. The standard InChI is InChI=1S/C15H10ClF3N2O6S.C15H18N6O6S.C5H12NO4P/c1-28(25,26)20-14(22)10-7-9(3-4-12(10)21(23)24)27-13-5-2-8(6-11(13)16)15(17,18)19;1-21(2)13(22)9-6-5-7-16-12(9)28(24,25)20-15(23)19-14-17-10(26-3)8-11(18-14)27-4;1-11(9,10)3-2-4(6)5(7)8/h2-7H,1H3,(H,20,22);5-8H,1-4H3,(H2,17,18,19,20,23);4H,2-3,6H2,1H3,(H,7,8)(H,9,10). The highest BCUT2D eigenvalue weighted by Crippen LogP contribution is 2.38. The second kappa shape index (κ2) is 23.6. The van der Waals surface area contributed by atoms with Crippen molar-refractivity contribution in [2.75, 3.05) is 52.7 Å². The van der Waals surface area contributed by atoms with Crippen molar-refractivity contribution in [2.24, 2.45) is 5.73 Å². The summed E-state index contributed by atoms with van der Waals surface area (Å²) in [6.07, 6.45) is -2.75. The molecule has 0 aliphatic carbocycles. The highest BCUT2D eigenvalue weighted by atomic mass is 35.5. The lowest BCUT2D eigenvalue weighted by atomic mass is 10.1. The summed E-state index contributed by atoms with van der Waals surface area (Å²) in [7, 11) is -5.95. The van der Waals surface area contributed by atoms with Crippen molar-refractivity contribution in [3.8, 4) is 23.3 Å². The van der Waals surface area contributed by atoms with Gasteiger partial charge in [-0.1, -0.05) is 11.6 Å². The smallest absolute Gasteiger partial charge is 0.416 e. The molecule has 0 bridgehead atoms. The third-order valence-corrected chi connectivity index (χ3v) is 10.8. The number of carbonyl (C=O) groups is 4. The van der Waals surface area contributed by atoms with Crippen LogP contribution in [-0.4, -0.2) is 129 Å². The second-order valence-corrected chi connectivity index (χ2v) is 19.6. The summed E-state index contributed by atoms with van der Waals surface area (Å²) in [6.45, 7) is 1.18. The summed E-state index contributed by atoms with van der Waals surface area (Å²) in [4.78, 5) is 78.0. The third-order valence-electron chi connectivity index (χ3n) is 7.56. The Balaban J connectivity index is 0.000000378. The van der Waals surface area contributed by atoms with E-state index in [9.17, 15) is 63.9 Å². The van der Waals surface area contributed by atoms with E-state index in [1.165, 1.54) is 64.3 Å². The van der Waals surface area contributed by atoms with E-state index < -0.39 is 95.2 Å². The van der Waals surface area contributed by atoms with Crippen LogP contribution >= 0.6 is 19.0 Å². The van der Waals surface area contributed by atoms with Gasteiger partial charge in [0.05, 0.1) is 47.6 Å². The Morgan fingerprint density at radius 1 is 0.985 bits per heavy atom. The van der Waals surface area contributed by atoms with Crippen molar-refractivity contribution >= 4 is 74.5 Å². The van der Waals surface area contributed by atoms with E-state index in [0.29, 0.717) is 18.4 Å². The molecule has 0 radical (unpaired) electrons. The molecule has 0 aliphatic heterocycles. The van der Waals surface area contributed by atoms with Crippen LogP contribution in [0, 0.1) is 10.1 Å². The summed E-state index contributed by atoms with van der Waals surface area (Å²) in [5.74, 6) is -3.48. The number of hydrogen-bond donors (Lipinski definition) is 6. The molecule has 32 heteroatoms. The number of hydrogen-bond acceptors (Lipinski definition) is 18. The fourth-order valence-electron chi connectivity index (χ4n) is 4.51. The second-order valence-electron chi connectivity index (χ2n) is 13.3. The van der Waals surface area contributed by atoms with Crippen LogP contribution in [0.1, 0.15) is 32.7 Å². The SMILES string of the molecule is COc1cc(OC)nc(NC(=O)NS(=O)(=O)c2ncccc2C(=O)N(C)C)n1.CP(=O)(O)CCC(N)C(=O)O.CS(=O)(=O)NC(=O)c1cc(Oc2ccc(C(F)(F)F)cc2Cl)ccc1[N+](=O)[O-]. The first-order valence-corrected chi connectivity index (χ1v) is 23.9. The van der Waals surface area contributed by atoms with Crippen molar-refractivity contribution in [3.05, 3.63) is 92.6 Å². The number of alkyl halides is 3. The predicted octanol–water partition coefficient (Wildman–Crippen LogP) is 3.54. The number of nitrogens with zero attached hydrogens (tertiary/aromatic N) is 5. The van der Waals surface area contributed by atoms with E-state index >= 15 is 0 Å². The van der Waals surface area contributed by atoms with Gasteiger partial charge in [0.25, 0.3) is 27.5 Å². The molecule has 4 amide bonds. The van der Waals surface area contributed by atoms with Gasteiger partial charge >= 0.3 is 18.2 Å². The number of anilines is 1. The molecule has 0 saturated carbocycles. The van der Waals surface area contributed by atoms with Crippen molar-refractivity contribution in [1.82, 2.24) is 29.3 Å². The number of aliphatic carboxylic acids is 1. The Morgan fingerprint density at radius 3 is 2.06 bits per heavy atom. The monoisotopic (exact) mass is 1030 g/mol. The summed E-state index contributed by atoms with van der Waals surface area (Å²) in [5.41, 5.74) is 2.56. The van der Waals surface area contributed by atoms with Gasteiger partial charge in [-0.25, -0.2) is 27.6 Å². The minimum Gasteiger partial charge on any atom is -0.481 e. The Hall–Kier alpha value is -6.72. The predicted molar refractivity (Wildman–Crippen MR) is 230 cm³/mol. The van der Waals surface area contributed by atoms with Gasteiger partial charge in [-0.05, 0) is 42.8 Å². The number of nitro benzene ring substituents is 1. The van der Waals surface area contributed by atoms with E-state index in [0.717, 1.165) is 24.3 Å². The Morgan fingerprint density at radius 2 is 1.58 bits per heavy atom. The van der Waals surface area contributed by atoms with Gasteiger partial charge < -0.3 is 34.8 Å². The van der Waals surface area contributed by atoms with E-state index in [-0.39, 0.29) is 47.4 Å².